The van der Waals surface area contributed by atoms with E-state index in [2.05, 4.69) is 17.4 Å². The maximum absolute atomic E-state index is 14.2. The summed E-state index contributed by atoms with van der Waals surface area (Å²) in [5.74, 6) is 3.90. The highest BCUT2D eigenvalue weighted by Gasteiger charge is 2.55. The van der Waals surface area contributed by atoms with Gasteiger partial charge < -0.3 is 25.1 Å². The van der Waals surface area contributed by atoms with Gasteiger partial charge in [0.25, 0.3) is 0 Å². The molecule has 6 rings (SSSR count). The summed E-state index contributed by atoms with van der Waals surface area (Å²) in [7, 11) is 1.66. The Balaban J connectivity index is 1.45. The van der Waals surface area contributed by atoms with Crippen molar-refractivity contribution in [2.45, 2.75) is 50.2 Å². The number of amides is 1. The van der Waals surface area contributed by atoms with Crippen LogP contribution in [0.2, 0.25) is 0 Å². The number of para-hydroxylation sites is 1. The number of nitrogens with one attached hydrogen (secondary N) is 2. The number of benzene rings is 3. The quantitative estimate of drug-likeness (QED) is 0.278. The molecule has 2 fully saturated rings. The molecule has 6 nitrogen and oxygen atoms in total. The van der Waals surface area contributed by atoms with Crippen molar-refractivity contribution >= 4 is 41.0 Å². The van der Waals surface area contributed by atoms with Crippen LogP contribution < -0.4 is 19.7 Å². The van der Waals surface area contributed by atoms with Gasteiger partial charge in [0.2, 0.25) is 5.91 Å². The number of hydrogen-bond acceptors (Lipinski definition) is 6. The second-order valence-electron chi connectivity index (χ2n) is 10.7. The largest absolute Gasteiger partial charge is 0.497 e. The Bertz CT molecular complexity index is 1410. The van der Waals surface area contributed by atoms with Crippen LogP contribution in [0.4, 0.5) is 11.4 Å². The monoisotopic (exact) mass is 553 g/mol. The van der Waals surface area contributed by atoms with Crippen LogP contribution in [0.15, 0.2) is 72.8 Å². The van der Waals surface area contributed by atoms with E-state index in [0.717, 1.165) is 88.9 Å². The first-order chi connectivity index (χ1) is 19.6. The highest BCUT2D eigenvalue weighted by Crippen LogP contribution is 2.57. The number of fused-ring (bicyclic) bond motifs is 2. The summed E-state index contributed by atoms with van der Waals surface area (Å²) in [5, 5.41) is 11.4. The molecule has 1 saturated heterocycles. The molecule has 206 valence electrons. The third-order valence-corrected chi connectivity index (χ3v) is 9.35. The van der Waals surface area contributed by atoms with Gasteiger partial charge in [-0.25, -0.2) is 0 Å². The lowest BCUT2D eigenvalue weighted by Gasteiger charge is -2.37. The van der Waals surface area contributed by atoms with Crippen molar-refractivity contribution in [3.8, 4) is 11.5 Å². The van der Waals surface area contributed by atoms with Gasteiger partial charge in [0.05, 0.1) is 24.8 Å². The minimum atomic E-state index is -0.513. The summed E-state index contributed by atoms with van der Waals surface area (Å²) < 4.78 is 12.1. The van der Waals surface area contributed by atoms with E-state index in [1.807, 2.05) is 71.3 Å². The molecule has 0 bridgehead atoms. The summed E-state index contributed by atoms with van der Waals surface area (Å²) in [6.07, 6.45) is 7.90. The Morgan fingerprint density at radius 3 is 2.50 bits per heavy atom. The molecule has 0 aromatic heterocycles. The van der Waals surface area contributed by atoms with Crippen molar-refractivity contribution in [3.63, 3.8) is 0 Å². The lowest BCUT2D eigenvalue weighted by Crippen LogP contribution is -2.44. The van der Waals surface area contributed by atoms with Crippen molar-refractivity contribution in [3.05, 3.63) is 89.5 Å². The van der Waals surface area contributed by atoms with Gasteiger partial charge in [0.15, 0.2) is 0 Å². The summed E-state index contributed by atoms with van der Waals surface area (Å²) in [4.78, 5) is 16.2. The van der Waals surface area contributed by atoms with Gasteiger partial charge in [-0.3, -0.25) is 4.79 Å². The zero-order chi connectivity index (χ0) is 27.5. The molecule has 3 aromatic carbocycles. The molecule has 2 heterocycles. The first-order valence-electron chi connectivity index (χ1n) is 14.0. The second kappa shape index (κ2) is 11.4. The first kappa shape index (κ1) is 26.5. The Hall–Kier alpha value is -3.71. The van der Waals surface area contributed by atoms with Crippen LogP contribution in [-0.2, 0) is 16.8 Å². The number of hydrogen-bond donors (Lipinski definition) is 2. The molecule has 0 unspecified atom stereocenters. The lowest BCUT2D eigenvalue weighted by atomic mass is 9.65. The van der Waals surface area contributed by atoms with Crippen LogP contribution in [0, 0.1) is 5.41 Å². The second-order valence-corrected chi connectivity index (χ2v) is 11.9. The van der Waals surface area contributed by atoms with E-state index >= 15 is 0 Å². The normalized spacial score (nSPS) is 18.3. The first-order valence-corrected chi connectivity index (χ1v) is 15.2. The highest BCUT2D eigenvalue weighted by atomic mass is 32.2. The average molecular weight is 554 g/mol. The van der Waals surface area contributed by atoms with E-state index in [-0.39, 0.29) is 12.0 Å². The molecule has 2 aliphatic heterocycles. The summed E-state index contributed by atoms with van der Waals surface area (Å²) in [6.45, 7) is 0.485. The zero-order valence-corrected chi connectivity index (χ0v) is 23.6. The molecule has 3 aromatic rings. The smallest absolute Gasteiger partial charge is 0.238 e. The van der Waals surface area contributed by atoms with E-state index in [4.69, 9.17) is 14.9 Å². The van der Waals surface area contributed by atoms with E-state index in [0.29, 0.717) is 6.54 Å². The van der Waals surface area contributed by atoms with E-state index in [9.17, 15) is 4.79 Å². The van der Waals surface area contributed by atoms with Crippen LogP contribution in [0.25, 0.3) is 5.70 Å². The summed E-state index contributed by atoms with van der Waals surface area (Å²) in [6, 6.07) is 22.2. The molecule has 0 atom stereocenters. The van der Waals surface area contributed by atoms with Crippen LogP contribution >= 0.6 is 11.8 Å². The Morgan fingerprint density at radius 2 is 1.85 bits per heavy atom. The van der Waals surface area contributed by atoms with Crippen molar-refractivity contribution in [1.29, 1.82) is 5.41 Å². The summed E-state index contributed by atoms with van der Waals surface area (Å²) >= 11 is 1.97. The van der Waals surface area contributed by atoms with Crippen LogP contribution in [0.3, 0.4) is 0 Å². The van der Waals surface area contributed by atoms with E-state index in [1.165, 1.54) is 6.21 Å². The number of carbonyl (C=O) groups excluding carboxylic acids is 1. The van der Waals surface area contributed by atoms with Crippen LogP contribution in [-0.4, -0.2) is 36.8 Å². The molecular formula is C33H35N3O3S. The summed E-state index contributed by atoms with van der Waals surface area (Å²) in [5.41, 5.74) is 5.19. The Labute approximate surface area is 240 Å². The van der Waals surface area contributed by atoms with Crippen molar-refractivity contribution in [2.24, 2.45) is 0 Å². The molecule has 0 radical (unpaired) electrons. The molecule has 40 heavy (non-hydrogen) atoms. The van der Waals surface area contributed by atoms with Gasteiger partial charge in [-0.1, -0.05) is 36.8 Å². The van der Waals surface area contributed by atoms with Gasteiger partial charge in [0.1, 0.15) is 17.6 Å². The Morgan fingerprint density at radius 1 is 1.10 bits per heavy atom. The third-order valence-electron chi connectivity index (χ3n) is 8.30. The van der Waals surface area contributed by atoms with Crippen molar-refractivity contribution in [1.82, 2.24) is 0 Å². The predicted octanol–water partition coefficient (Wildman–Crippen LogP) is 7.04. The van der Waals surface area contributed by atoms with Crippen molar-refractivity contribution in [2.75, 3.05) is 28.8 Å². The predicted molar refractivity (Wildman–Crippen MR) is 164 cm³/mol. The standard InChI is InChI=1S/C33H35N3O3S/c1-38-26-10-8-23(9-11-26)22-36-31-28(33(32(36)37)15-5-16-33)20-24(21-30(31)39-27-13-18-40-19-14-27)29(12-17-34)35-25-6-3-2-4-7-25/h2-4,6-12,17,20-21,27,34-35H,5,13-16,18-19,22H2,1H3/b29-12-,34-17?. The Kier molecular flexibility index (Phi) is 7.57. The number of thioether (sulfide) groups is 1. The molecule has 1 amide bonds. The number of nitrogens with zero attached hydrogens (tertiary/aromatic N) is 1. The number of ether oxygens (including phenoxy) is 2. The molecule has 2 N–H and O–H groups in total. The number of methoxy groups -OCH3 is 1. The van der Waals surface area contributed by atoms with E-state index in [1.54, 1.807) is 13.2 Å². The van der Waals surface area contributed by atoms with E-state index < -0.39 is 5.41 Å². The molecule has 1 aliphatic carbocycles. The molecule has 1 spiro atoms. The van der Waals surface area contributed by atoms with Gasteiger partial charge in [-0.05, 0) is 90.8 Å². The van der Waals surface area contributed by atoms with Gasteiger partial charge in [0, 0.05) is 23.2 Å². The molecular weight excluding hydrogens is 518 g/mol. The van der Waals surface area contributed by atoms with Gasteiger partial charge >= 0.3 is 0 Å². The lowest BCUT2D eigenvalue weighted by molar-refractivity contribution is -0.126. The topological polar surface area (TPSA) is 74.7 Å². The van der Waals surface area contributed by atoms with Crippen molar-refractivity contribution < 1.29 is 14.3 Å². The molecule has 7 heteroatoms. The van der Waals surface area contributed by atoms with Crippen LogP contribution in [0.1, 0.15) is 48.8 Å². The minimum Gasteiger partial charge on any atom is -0.497 e. The van der Waals surface area contributed by atoms with Gasteiger partial charge in [-0.15, -0.1) is 0 Å². The number of allylic oxidation sites excluding steroid dienone is 1. The maximum Gasteiger partial charge on any atom is 0.238 e. The zero-order valence-electron chi connectivity index (χ0n) is 22.8. The third kappa shape index (κ3) is 4.99. The number of anilines is 2. The fourth-order valence-corrected chi connectivity index (χ4v) is 7.06. The fourth-order valence-electron chi connectivity index (χ4n) is 5.99. The average Bonchev–Trinajstić information content (AvgIpc) is 3.22. The van der Waals surface area contributed by atoms with Gasteiger partial charge in [-0.2, -0.15) is 11.8 Å². The fraction of sp³-hybridized carbons (Fsp3) is 0.333. The number of rotatable bonds is 9. The highest BCUT2D eigenvalue weighted by molar-refractivity contribution is 7.99. The maximum atomic E-state index is 14.2. The SMILES string of the molecule is COc1ccc(CN2C(=O)C3(CCC3)c3cc(/C(=C/C=N)Nc4ccccc4)cc(OC4CCSCC4)c32)cc1. The van der Waals surface area contributed by atoms with Crippen LogP contribution in [0.5, 0.6) is 11.5 Å². The minimum absolute atomic E-state index is 0.119. The molecule has 3 aliphatic rings. The number of carbonyl (C=O) groups is 1. The molecule has 1 saturated carbocycles.